The number of nitrogens with one attached hydrogen (secondary N) is 1. The number of hydrogen-bond donors (Lipinski definition) is 1. The van der Waals surface area contributed by atoms with E-state index in [1.165, 1.54) is 4.88 Å². The molecule has 0 saturated heterocycles. The maximum Gasteiger partial charge on any atom is 0.253 e. The normalized spacial score (nSPS) is 10.5. The van der Waals surface area contributed by atoms with E-state index in [4.69, 9.17) is 11.6 Å². The molecular weight excluding hydrogens is 306 g/mol. The van der Waals surface area contributed by atoms with E-state index >= 15 is 0 Å². The summed E-state index contributed by atoms with van der Waals surface area (Å²) in [7, 11) is 3.46. The van der Waals surface area contributed by atoms with E-state index < -0.39 is 0 Å². The second-order valence-electron chi connectivity index (χ2n) is 4.99. The van der Waals surface area contributed by atoms with Gasteiger partial charge in [0.2, 0.25) is 0 Å². The van der Waals surface area contributed by atoms with Crippen LogP contribution in [0.4, 0.5) is 5.69 Å². The largest absolute Gasteiger partial charge is 0.379 e. The Morgan fingerprint density at radius 1 is 1.38 bits per heavy atom. The zero-order chi connectivity index (χ0) is 15.6. The van der Waals surface area contributed by atoms with E-state index in [0.717, 1.165) is 16.4 Å². The summed E-state index contributed by atoms with van der Waals surface area (Å²) < 4.78 is 0. The summed E-state index contributed by atoms with van der Waals surface area (Å²) in [6, 6.07) is 5.26. The lowest BCUT2D eigenvalue weighted by atomic mass is 10.1. The Kier molecular flexibility index (Phi) is 4.85. The van der Waals surface area contributed by atoms with E-state index in [1.54, 1.807) is 48.5 Å². The third-order valence-electron chi connectivity index (χ3n) is 3.06. The van der Waals surface area contributed by atoms with E-state index in [1.807, 2.05) is 13.8 Å². The number of aromatic nitrogens is 1. The number of rotatable bonds is 4. The second kappa shape index (κ2) is 6.45. The molecule has 21 heavy (non-hydrogen) atoms. The van der Waals surface area contributed by atoms with Crippen molar-refractivity contribution < 1.29 is 4.79 Å². The fourth-order valence-corrected chi connectivity index (χ4v) is 3.03. The summed E-state index contributed by atoms with van der Waals surface area (Å²) in [6.07, 6.45) is 0. The minimum Gasteiger partial charge on any atom is -0.379 e. The fourth-order valence-electron chi connectivity index (χ4n) is 1.96. The van der Waals surface area contributed by atoms with Crippen molar-refractivity contribution in [3.05, 3.63) is 44.4 Å². The highest BCUT2D eigenvalue weighted by Crippen LogP contribution is 2.25. The molecule has 2 rings (SSSR count). The van der Waals surface area contributed by atoms with Crippen LogP contribution in [0.25, 0.3) is 0 Å². The summed E-state index contributed by atoms with van der Waals surface area (Å²) in [5.41, 5.74) is 2.40. The van der Waals surface area contributed by atoms with Crippen molar-refractivity contribution in [3.63, 3.8) is 0 Å². The van der Waals surface area contributed by atoms with E-state index in [0.29, 0.717) is 17.1 Å². The van der Waals surface area contributed by atoms with Crippen molar-refractivity contribution in [2.75, 3.05) is 19.4 Å². The van der Waals surface area contributed by atoms with Crippen LogP contribution in [0.15, 0.2) is 18.2 Å². The highest BCUT2D eigenvalue weighted by molar-refractivity contribution is 7.11. The Balaban J connectivity index is 2.18. The van der Waals surface area contributed by atoms with Gasteiger partial charge in [-0.1, -0.05) is 11.6 Å². The number of carbonyl (C=O) groups is 1. The van der Waals surface area contributed by atoms with Crippen molar-refractivity contribution in [1.29, 1.82) is 0 Å². The number of anilines is 1. The first-order chi connectivity index (χ1) is 9.88. The van der Waals surface area contributed by atoms with Crippen molar-refractivity contribution in [2.24, 2.45) is 0 Å². The summed E-state index contributed by atoms with van der Waals surface area (Å²) in [4.78, 5) is 19.1. The van der Waals surface area contributed by atoms with Crippen molar-refractivity contribution in [2.45, 2.75) is 20.4 Å². The average Bonchev–Trinajstić information content (AvgIpc) is 2.75. The number of nitrogens with zero attached hydrogens (tertiary/aromatic N) is 2. The molecule has 0 aliphatic rings. The molecule has 0 spiro atoms. The minimum atomic E-state index is -0.0421. The van der Waals surface area contributed by atoms with Gasteiger partial charge in [-0.3, -0.25) is 4.79 Å². The maximum absolute atomic E-state index is 12.0. The highest BCUT2D eigenvalue weighted by Gasteiger charge is 2.11. The molecule has 1 aromatic carbocycles. The Bertz CT molecular complexity index is 667. The molecule has 0 bridgehead atoms. The van der Waals surface area contributed by atoms with E-state index in [2.05, 4.69) is 10.3 Å². The predicted molar refractivity (Wildman–Crippen MR) is 88.4 cm³/mol. The first kappa shape index (κ1) is 15.8. The van der Waals surface area contributed by atoms with Crippen LogP contribution in [0.3, 0.4) is 0 Å². The van der Waals surface area contributed by atoms with Gasteiger partial charge in [-0.2, -0.15) is 0 Å². The number of halogens is 1. The predicted octanol–water partition coefficient (Wildman–Crippen LogP) is 3.73. The van der Waals surface area contributed by atoms with Crippen LogP contribution in [-0.4, -0.2) is 29.9 Å². The molecule has 6 heteroatoms. The van der Waals surface area contributed by atoms with Gasteiger partial charge in [0.25, 0.3) is 5.91 Å². The van der Waals surface area contributed by atoms with Crippen LogP contribution >= 0.6 is 22.9 Å². The van der Waals surface area contributed by atoms with Gasteiger partial charge >= 0.3 is 0 Å². The number of amides is 1. The standard InChI is InChI=1S/C15H18ClN3OS/c1-9-14(21-10(2)18-9)8-17-13-7-11(5-6-12(13)16)15(20)19(3)4/h5-7,17H,8H2,1-4H3. The van der Waals surface area contributed by atoms with E-state index in [9.17, 15) is 4.79 Å². The average molecular weight is 324 g/mol. The quantitative estimate of drug-likeness (QED) is 0.932. The van der Waals surface area contributed by atoms with Gasteiger partial charge in [0.05, 0.1) is 28.0 Å². The molecule has 0 fully saturated rings. The van der Waals surface area contributed by atoms with Gasteiger partial charge in [-0.15, -0.1) is 11.3 Å². The number of hydrogen-bond acceptors (Lipinski definition) is 4. The van der Waals surface area contributed by atoms with Crippen LogP contribution < -0.4 is 5.32 Å². The zero-order valence-electron chi connectivity index (χ0n) is 12.5. The number of aryl methyl sites for hydroxylation is 2. The first-order valence-electron chi connectivity index (χ1n) is 6.56. The Morgan fingerprint density at radius 3 is 2.67 bits per heavy atom. The van der Waals surface area contributed by atoms with Crippen molar-refractivity contribution in [1.82, 2.24) is 9.88 Å². The third kappa shape index (κ3) is 3.74. The maximum atomic E-state index is 12.0. The highest BCUT2D eigenvalue weighted by atomic mass is 35.5. The molecule has 2 aromatic rings. The minimum absolute atomic E-state index is 0.0421. The summed E-state index contributed by atoms with van der Waals surface area (Å²) in [5.74, 6) is -0.0421. The fraction of sp³-hybridized carbons (Fsp3) is 0.333. The molecule has 1 N–H and O–H groups in total. The van der Waals surface area contributed by atoms with Gasteiger partial charge in [0, 0.05) is 24.5 Å². The van der Waals surface area contributed by atoms with E-state index in [-0.39, 0.29) is 5.91 Å². The van der Waals surface area contributed by atoms with Crippen LogP contribution in [-0.2, 0) is 6.54 Å². The lowest BCUT2D eigenvalue weighted by molar-refractivity contribution is 0.0827. The molecule has 0 saturated carbocycles. The van der Waals surface area contributed by atoms with Gasteiger partial charge in [-0.05, 0) is 32.0 Å². The molecule has 112 valence electrons. The van der Waals surface area contributed by atoms with Gasteiger partial charge in [-0.25, -0.2) is 4.98 Å². The van der Waals surface area contributed by atoms with Crippen LogP contribution in [0.2, 0.25) is 5.02 Å². The molecule has 4 nitrogen and oxygen atoms in total. The van der Waals surface area contributed by atoms with Crippen LogP contribution in [0.5, 0.6) is 0 Å². The van der Waals surface area contributed by atoms with Gasteiger partial charge < -0.3 is 10.2 Å². The molecule has 1 aromatic heterocycles. The molecule has 0 aliphatic carbocycles. The molecule has 0 atom stereocenters. The first-order valence-corrected chi connectivity index (χ1v) is 7.76. The number of benzene rings is 1. The Morgan fingerprint density at radius 2 is 2.10 bits per heavy atom. The van der Waals surface area contributed by atoms with Gasteiger partial charge in [0.1, 0.15) is 0 Å². The van der Waals surface area contributed by atoms with Crippen LogP contribution in [0.1, 0.15) is 25.9 Å². The summed E-state index contributed by atoms with van der Waals surface area (Å²) >= 11 is 7.86. The third-order valence-corrected chi connectivity index (χ3v) is 4.46. The van der Waals surface area contributed by atoms with Crippen molar-refractivity contribution >= 4 is 34.5 Å². The SMILES string of the molecule is Cc1nc(C)c(CNc2cc(C(=O)N(C)C)ccc2Cl)s1. The monoisotopic (exact) mass is 323 g/mol. The molecular formula is C15H18ClN3OS. The molecule has 1 amide bonds. The lowest BCUT2D eigenvalue weighted by Crippen LogP contribution is -2.21. The smallest absolute Gasteiger partial charge is 0.253 e. The molecule has 0 radical (unpaired) electrons. The summed E-state index contributed by atoms with van der Waals surface area (Å²) in [6.45, 7) is 4.63. The lowest BCUT2D eigenvalue weighted by Gasteiger charge is -2.13. The molecule has 1 heterocycles. The Hall–Kier alpha value is -1.59. The summed E-state index contributed by atoms with van der Waals surface area (Å²) in [5, 5.41) is 4.93. The van der Waals surface area contributed by atoms with Crippen LogP contribution in [0, 0.1) is 13.8 Å². The zero-order valence-corrected chi connectivity index (χ0v) is 14.1. The molecule has 0 unspecified atom stereocenters. The number of carbonyl (C=O) groups excluding carboxylic acids is 1. The second-order valence-corrected chi connectivity index (χ2v) is 6.68. The van der Waals surface area contributed by atoms with Gasteiger partial charge in [0.15, 0.2) is 0 Å². The number of thiazole rings is 1. The topological polar surface area (TPSA) is 45.2 Å². The van der Waals surface area contributed by atoms with Crippen molar-refractivity contribution in [3.8, 4) is 0 Å². The Labute approximate surface area is 133 Å². The molecule has 0 aliphatic heterocycles.